The molecule has 0 atom stereocenters. The van der Waals surface area contributed by atoms with Crippen molar-refractivity contribution in [2.24, 2.45) is 5.92 Å². The predicted octanol–water partition coefficient (Wildman–Crippen LogP) is 1.15. The van der Waals surface area contributed by atoms with E-state index in [-0.39, 0.29) is 6.61 Å². The van der Waals surface area contributed by atoms with E-state index >= 15 is 0 Å². The predicted molar refractivity (Wildman–Crippen MR) is 40.4 cm³/mol. The maximum absolute atomic E-state index is 10.2. The average molecular weight is 142 g/mol. The molecule has 0 aliphatic carbocycles. The van der Waals surface area contributed by atoms with Crippen LogP contribution in [0.5, 0.6) is 0 Å². The highest BCUT2D eigenvalue weighted by molar-refractivity contribution is 4.68. The van der Waals surface area contributed by atoms with Gasteiger partial charge in [-0.2, -0.15) is 0 Å². The van der Waals surface area contributed by atoms with E-state index in [1.54, 1.807) is 0 Å². The molecule has 0 amide bonds. The highest BCUT2D eigenvalue weighted by Crippen LogP contribution is 2.14. The smallest absolute Gasteiger partial charge is 0.0949 e. The zero-order valence-electron chi connectivity index (χ0n) is 6.68. The third-order valence-electron chi connectivity index (χ3n) is 2.28. The fourth-order valence-electron chi connectivity index (χ4n) is 1.41. The summed E-state index contributed by atoms with van der Waals surface area (Å²) < 4.78 is 0. The van der Waals surface area contributed by atoms with Crippen LogP contribution in [0.3, 0.4) is 0 Å². The van der Waals surface area contributed by atoms with E-state index in [0.29, 0.717) is 0 Å². The van der Waals surface area contributed by atoms with Crippen LogP contribution in [0.1, 0.15) is 19.8 Å². The molecule has 1 saturated heterocycles. The van der Waals surface area contributed by atoms with Gasteiger partial charge in [0.05, 0.1) is 6.61 Å². The van der Waals surface area contributed by atoms with Crippen LogP contribution >= 0.6 is 0 Å². The number of hydrogen-bond donors (Lipinski definition) is 0. The summed E-state index contributed by atoms with van der Waals surface area (Å²) in [4.78, 5) is 2.27. The monoisotopic (exact) mass is 142 g/mol. The Morgan fingerprint density at radius 3 is 2.50 bits per heavy atom. The minimum atomic E-state index is 0.0639. The van der Waals surface area contributed by atoms with Gasteiger partial charge in [-0.1, -0.05) is 6.92 Å². The molecule has 10 heavy (non-hydrogen) atoms. The zero-order chi connectivity index (χ0) is 7.40. The summed E-state index contributed by atoms with van der Waals surface area (Å²) in [6, 6.07) is 0. The van der Waals surface area contributed by atoms with Crippen molar-refractivity contribution in [3.05, 3.63) is 0 Å². The molecule has 0 N–H and O–H groups in total. The van der Waals surface area contributed by atoms with E-state index in [4.69, 9.17) is 0 Å². The number of nitrogens with zero attached hydrogens (tertiary/aromatic N) is 1. The quantitative estimate of drug-likeness (QED) is 0.567. The Balaban J connectivity index is 2.13. The summed E-state index contributed by atoms with van der Waals surface area (Å²) in [6.45, 7) is 5.39. The van der Waals surface area contributed by atoms with Crippen molar-refractivity contribution >= 4 is 0 Å². The molecular weight excluding hydrogens is 126 g/mol. The molecular formula is C8H16NO. The number of likely N-dealkylation sites (tertiary alicyclic amines) is 1. The molecule has 1 aliphatic rings. The maximum Gasteiger partial charge on any atom is 0.0949 e. The molecule has 0 aromatic heterocycles. The van der Waals surface area contributed by atoms with E-state index in [1.165, 1.54) is 12.8 Å². The van der Waals surface area contributed by atoms with E-state index in [1.807, 2.05) is 0 Å². The first-order valence-corrected chi connectivity index (χ1v) is 4.13. The van der Waals surface area contributed by atoms with Crippen molar-refractivity contribution in [1.29, 1.82) is 0 Å². The number of rotatable bonds is 2. The summed E-state index contributed by atoms with van der Waals surface area (Å²) in [7, 11) is 0. The molecule has 1 heterocycles. The lowest BCUT2D eigenvalue weighted by atomic mass is 9.99. The first kappa shape index (κ1) is 8.02. The van der Waals surface area contributed by atoms with Crippen LogP contribution in [0.25, 0.3) is 0 Å². The van der Waals surface area contributed by atoms with Crippen molar-refractivity contribution in [2.45, 2.75) is 19.8 Å². The fourth-order valence-corrected chi connectivity index (χ4v) is 1.41. The lowest BCUT2D eigenvalue weighted by Crippen LogP contribution is -2.34. The van der Waals surface area contributed by atoms with E-state index in [0.717, 1.165) is 25.6 Å². The van der Waals surface area contributed by atoms with Gasteiger partial charge in [-0.15, -0.1) is 0 Å². The first-order valence-electron chi connectivity index (χ1n) is 4.13. The average Bonchev–Trinajstić information content (AvgIpc) is 1.95. The second-order valence-electron chi connectivity index (χ2n) is 3.23. The van der Waals surface area contributed by atoms with Crippen LogP contribution < -0.4 is 0 Å². The lowest BCUT2D eigenvalue weighted by molar-refractivity contribution is 0.117. The van der Waals surface area contributed by atoms with Gasteiger partial charge in [-0.3, -0.25) is 0 Å². The van der Waals surface area contributed by atoms with Gasteiger partial charge in [0.2, 0.25) is 0 Å². The van der Waals surface area contributed by atoms with Gasteiger partial charge < -0.3 is 4.90 Å². The second-order valence-corrected chi connectivity index (χ2v) is 3.23. The third-order valence-corrected chi connectivity index (χ3v) is 2.28. The fraction of sp³-hybridized carbons (Fsp3) is 1.00. The van der Waals surface area contributed by atoms with E-state index < -0.39 is 0 Å². The zero-order valence-corrected chi connectivity index (χ0v) is 6.68. The molecule has 59 valence electrons. The van der Waals surface area contributed by atoms with Gasteiger partial charge in [0.1, 0.15) is 0 Å². The summed E-state index contributed by atoms with van der Waals surface area (Å²) in [5.41, 5.74) is 0. The second kappa shape index (κ2) is 3.94. The molecule has 0 spiro atoms. The minimum Gasteiger partial charge on any atom is -0.301 e. The Labute approximate surface area is 62.8 Å². The molecule has 0 aromatic carbocycles. The molecule has 0 unspecified atom stereocenters. The van der Waals surface area contributed by atoms with Crippen LogP contribution in [-0.4, -0.2) is 31.1 Å². The Hall–Kier alpha value is -0.0800. The van der Waals surface area contributed by atoms with Crippen LogP contribution in [-0.2, 0) is 5.11 Å². The molecule has 2 nitrogen and oxygen atoms in total. The third kappa shape index (κ3) is 2.27. The Morgan fingerprint density at radius 2 is 2.00 bits per heavy atom. The van der Waals surface area contributed by atoms with Gasteiger partial charge >= 0.3 is 0 Å². The van der Waals surface area contributed by atoms with Crippen molar-refractivity contribution < 1.29 is 5.11 Å². The topological polar surface area (TPSA) is 23.1 Å². The SMILES string of the molecule is CC1CCN(CC[O])CC1. The summed E-state index contributed by atoms with van der Waals surface area (Å²) in [5.74, 6) is 0.878. The molecule has 1 rings (SSSR count). The van der Waals surface area contributed by atoms with Crippen LogP contribution in [0.4, 0.5) is 0 Å². The Bertz CT molecular complexity index is 87.3. The van der Waals surface area contributed by atoms with E-state index in [2.05, 4.69) is 11.8 Å². The van der Waals surface area contributed by atoms with E-state index in [9.17, 15) is 5.11 Å². The summed E-state index contributed by atoms with van der Waals surface area (Å²) in [5, 5.41) is 10.2. The van der Waals surface area contributed by atoms with Gasteiger partial charge in [-0.05, 0) is 31.8 Å². The molecule has 1 radical (unpaired) electrons. The van der Waals surface area contributed by atoms with Crippen molar-refractivity contribution in [1.82, 2.24) is 4.90 Å². The summed E-state index contributed by atoms with van der Waals surface area (Å²) >= 11 is 0. The highest BCUT2D eigenvalue weighted by atomic mass is 16.3. The van der Waals surface area contributed by atoms with Crippen LogP contribution in [0.15, 0.2) is 0 Å². The van der Waals surface area contributed by atoms with Gasteiger partial charge in [-0.25, -0.2) is 5.11 Å². The van der Waals surface area contributed by atoms with Crippen molar-refractivity contribution in [3.63, 3.8) is 0 Å². The minimum absolute atomic E-state index is 0.0639. The molecule has 0 saturated carbocycles. The number of hydrogen-bond acceptors (Lipinski definition) is 1. The highest BCUT2D eigenvalue weighted by Gasteiger charge is 2.14. The summed E-state index contributed by atoms with van der Waals surface area (Å²) in [6.07, 6.45) is 2.56. The van der Waals surface area contributed by atoms with Crippen molar-refractivity contribution in [3.8, 4) is 0 Å². The molecule has 0 bridgehead atoms. The maximum atomic E-state index is 10.2. The molecule has 0 aromatic rings. The molecule has 2 heteroatoms. The molecule has 1 aliphatic heterocycles. The number of piperidine rings is 1. The molecule has 1 fully saturated rings. The van der Waals surface area contributed by atoms with Crippen LogP contribution in [0.2, 0.25) is 0 Å². The Kier molecular flexibility index (Phi) is 3.16. The normalized spacial score (nSPS) is 23.4. The largest absolute Gasteiger partial charge is 0.301 e. The van der Waals surface area contributed by atoms with Gasteiger partial charge in [0, 0.05) is 6.54 Å². The van der Waals surface area contributed by atoms with Crippen LogP contribution in [0, 0.1) is 5.92 Å². The standard InChI is InChI=1S/C8H16NO/c1-8-2-4-9(5-3-8)6-7-10/h8H,2-7H2,1H3. The van der Waals surface area contributed by atoms with Gasteiger partial charge in [0.15, 0.2) is 0 Å². The Morgan fingerprint density at radius 1 is 1.40 bits per heavy atom. The lowest BCUT2D eigenvalue weighted by Gasteiger charge is -2.29. The first-order chi connectivity index (χ1) is 4.83. The van der Waals surface area contributed by atoms with Gasteiger partial charge in [0.25, 0.3) is 0 Å². The van der Waals surface area contributed by atoms with Crippen molar-refractivity contribution in [2.75, 3.05) is 26.2 Å².